The van der Waals surface area contributed by atoms with Gasteiger partial charge in [0, 0.05) is 32.4 Å². The third kappa shape index (κ3) is 4.90. The Morgan fingerprint density at radius 2 is 2.06 bits per heavy atom. The van der Waals surface area contributed by atoms with Gasteiger partial charge in [-0.3, -0.25) is 4.90 Å². The van der Waals surface area contributed by atoms with Crippen LogP contribution in [0.4, 0.5) is 0 Å². The molecule has 0 bridgehead atoms. The molecule has 0 aliphatic rings. The SMILES string of the molecule is OCCCN(CCO)Cc1ccnc(Cl)c1. The lowest BCUT2D eigenvalue weighted by atomic mass is 10.2. The first kappa shape index (κ1) is 13.4. The van der Waals surface area contributed by atoms with Crippen LogP contribution >= 0.6 is 11.6 Å². The fourth-order valence-electron chi connectivity index (χ4n) is 1.50. The monoisotopic (exact) mass is 244 g/mol. The van der Waals surface area contributed by atoms with Gasteiger partial charge in [-0.1, -0.05) is 11.6 Å². The van der Waals surface area contributed by atoms with E-state index in [0.717, 1.165) is 12.1 Å². The lowest BCUT2D eigenvalue weighted by Crippen LogP contribution is -2.28. The molecular formula is C11H17ClN2O2. The normalized spacial score (nSPS) is 11.0. The Morgan fingerprint density at radius 3 is 2.69 bits per heavy atom. The van der Waals surface area contributed by atoms with E-state index >= 15 is 0 Å². The molecule has 0 saturated carbocycles. The summed E-state index contributed by atoms with van der Waals surface area (Å²) in [5.41, 5.74) is 1.06. The third-order valence-corrected chi connectivity index (χ3v) is 2.45. The van der Waals surface area contributed by atoms with Gasteiger partial charge in [0.05, 0.1) is 6.61 Å². The lowest BCUT2D eigenvalue weighted by Gasteiger charge is -2.20. The highest BCUT2D eigenvalue weighted by Crippen LogP contribution is 2.09. The molecule has 5 heteroatoms. The average Bonchev–Trinajstić information content (AvgIpc) is 2.26. The Balaban J connectivity index is 2.52. The van der Waals surface area contributed by atoms with Gasteiger partial charge in [-0.05, 0) is 24.1 Å². The van der Waals surface area contributed by atoms with E-state index in [1.165, 1.54) is 0 Å². The van der Waals surface area contributed by atoms with Crippen LogP contribution in [0.15, 0.2) is 18.3 Å². The number of pyridine rings is 1. The zero-order valence-electron chi connectivity index (χ0n) is 9.14. The second-order valence-corrected chi connectivity index (χ2v) is 3.95. The molecule has 0 aliphatic heterocycles. The van der Waals surface area contributed by atoms with Crippen LogP contribution in [0.3, 0.4) is 0 Å². The van der Waals surface area contributed by atoms with E-state index in [1.54, 1.807) is 6.20 Å². The van der Waals surface area contributed by atoms with Crippen LogP contribution in [-0.2, 0) is 6.54 Å². The fraction of sp³-hybridized carbons (Fsp3) is 0.545. The highest BCUT2D eigenvalue weighted by Gasteiger charge is 2.05. The van der Waals surface area contributed by atoms with Crippen molar-refractivity contribution < 1.29 is 10.2 Å². The predicted octanol–water partition coefficient (Wildman–Crippen LogP) is 0.912. The number of hydrogen-bond donors (Lipinski definition) is 2. The molecule has 0 radical (unpaired) electrons. The summed E-state index contributed by atoms with van der Waals surface area (Å²) in [5, 5.41) is 18.2. The highest BCUT2D eigenvalue weighted by atomic mass is 35.5. The molecule has 0 atom stereocenters. The van der Waals surface area contributed by atoms with E-state index in [2.05, 4.69) is 9.88 Å². The first-order valence-corrected chi connectivity index (χ1v) is 5.68. The van der Waals surface area contributed by atoms with Crippen molar-refractivity contribution in [1.29, 1.82) is 0 Å². The first-order valence-electron chi connectivity index (χ1n) is 5.30. The molecule has 0 fully saturated rings. The number of hydrogen-bond acceptors (Lipinski definition) is 4. The van der Waals surface area contributed by atoms with Crippen molar-refractivity contribution in [2.24, 2.45) is 0 Å². The maximum Gasteiger partial charge on any atom is 0.129 e. The third-order valence-electron chi connectivity index (χ3n) is 2.25. The molecule has 0 aliphatic carbocycles. The van der Waals surface area contributed by atoms with Crippen molar-refractivity contribution in [2.75, 3.05) is 26.3 Å². The molecule has 2 N–H and O–H groups in total. The summed E-state index contributed by atoms with van der Waals surface area (Å²) in [6, 6.07) is 3.71. The number of aromatic nitrogens is 1. The second-order valence-electron chi connectivity index (χ2n) is 3.56. The Hall–Kier alpha value is -0.680. The largest absolute Gasteiger partial charge is 0.396 e. The van der Waals surface area contributed by atoms with Gasteiger partial charge >= 0.3 is 0 Å². The van der Waals surface area contributed by atoms with Gasteiger partial charge < -0.3 is 10.2 Å². The van der Waals surface area contributed by atoms with Gasteiger partial charge in [0.15, 0.2) is 0 Å². The summed E-state index contributed by atoms with van der Waals surface area (Å²) in [4.78, 5) is 5.98. The molecule has 4 nitrogen and oxygen atoms in total. The molecule has 1 rings (SSSR count). The zero-order chi connectivity index (χ0) is 11.8. The van der Waals surface area contributed by atoms with Crippen molar-refractivity contribution in [3.63, 3.8) is 0 Å². The smallest absolute Gasteiger partial charge is 0.129 e. The van der Waals surface area contributed by atoms with E-state index in [9.17, 15) is 0 Å². The second kappa shape index (κ2) is 7.57. The quantitative estimate of drug-likeness (QED) is 0.701. The minimum Gasteiger partial charge on any atom is -0.396 e. The molecule has 0 saturated heterocycles. The van der Waals surface area contributed by atoms with E-state index in [0.29, 0.717) is 24.7 Å². The van der Waals surface area contributed by atoms with Gasteiger partial charge in [0.25, 0.3) is 0 Å². The molecule has 0 aromatic carbocycles. The molecule has 0 unspecified atom stereocenters. The maximum atomic E-state index is 8.93. The molecule has 1 aromatic rings. The standard InChI is InChI=1S/C11H17ClN2O2/c12-11-8-10(2-3-13-11)9-14(5-7-16)4-1-6-15/h2-3,8,15-16H,1,4-7,9H2. The topological polar surface area (TPSA) is 56.6 Å². The number of nitrogens with zero attached hydrogens (tertiary/aromatic N) is 2. The van der Waals surface area contributed by atoms with Gasteiger partial charge in [0.1, 0.15) is 5.15 Å². The van der Waals surface area contributed by atoms with Crippen LogP contribution in [0.5, 0.6) is 0 Å². The van der Waals surface area contributed by atoms with E-state index in [1.807, 2.05) is 12.1 Å². The molecule has 1 aromatic heterocycles. The van der Waals surface area contributed by atoms with E-state index < -0.39 is 0 Å². The number of halogens is 1. The summed E-state index contributed by atoms with van der Waals surface area (Å²) in [6.45, 7) is 2.35. The lowest BCUT2D eigenvalue weighted by molar-refractivity contribution is 0.174. The number of aliphatic hydroxyl groups is 2. The van der Waals surface area contributed by atoms with E-state index in [4.69, 9.17) is 21.8 Å². The van der Waals surface area contributed by atoms with Crippen molar-refractivity contribution in [1.82, 2.24) is 9.88 Å². The summed E-state index contributed by atoms with van der Waals surface area (Å²) in [5.74, 6) is 0. The van der Waals surface area contributed by atoms with Crippen molar-refractivity contribution >= 4 is 11.6 Å². The van der Waals surface area contributed by atoms with Gasteiger partial charge in [-0.25, -0.2) is 4.98 Å². The van der Waals surface area contributed by atoms with Gasteiger partial charge in [-0.2, -0.15) is 0 Å². The van der Waals surface area contributed by atoms with Gasteiger partial charge in [-0.15, -0.1) is 0 Å². The van der Waals surface area contributed by atoms with Crippen molar-refractivity contribution in [3.05, 3.63) is 29.0 Å². The Bertz CT molecular complexity index is 310. The highest BCUT2D eigenvalue weighted by molar-refractivity contribution is 6.29. The molecule has 1 heterocycles. The summed E-state index contributed by atoms with van der Waals surface area (Å²) in [6.07, 6.45) is 2.37. The summed E-state index contributed by atoms with van der Waals surface area (Å²) < 4.78 is 0. The average molecular weight is 245 g/mol. The zero-order valence-corrected chi connectivity index (χ0v) is 9.90. The molecule has 90 valence electrons. The molecule has 0 spiro atoms. The van der Waals surface area contributed by atoms with Gasteiger partial charge in [0.2, 0.25) is 0 Å². The van der Waals surface area contributed by atoms with Crippen molar-refractivity contribution in [3.8, 4) is 0 Å². The van der Waals surface area contributed by atoms with Crippen LogP contribution in [0.1, 0.15) is 12.0 Å². The molecular weight excluding hydrogens is 228 g/mol. The Labute approximate surface area is 100 Å². The van der Waals surface area contributed by atoms with Crippen molar-refractivity contribution in [2.45, 2.75) is 13.0 Å². The predicted molar refractivity (Wildman–Crippen MR) is 63.3 cm³/mol. The molecule has 0 amide bonds. The minimum atomic E-state index is 0.115. The Morgan fingerprint density at radius 1 is 1.25 bits per heavy atom. The minimum absolute atomic E-state index is 0.115. The van der Waals surface area contributed by atoms with Crippen LogP contribution in [0, 0.1) is 0 Å². The van der Waals surface area contributed by atoms with Crippen LogP contribution in [0.2, 0.25) is 5.15 Å². The maximum absolute atomic E-state index is 8.93. The number of rotatable bonds is 7. The molecule has 16 heavy (non-hydrogen) atoms. The fourth-order valence-corrected chi connectivity index (χ4v) is 1.70. The van der Waals surface area contributed by atoms with Crippen LogP contribution < -0.4 is 0 Å². The van der Waals surface area contributed by atoms with Crippen LogP contribution in [0.25, 0.3) is 0 Å². The van der Waals surface area contributed by atoms with Crippen LogP contribution in [-0.4, -0.2) is 46.4 Å². The summed E-state index contributed by atoms with van der Waals surface area (Å²) in [7, 11) is 0. The number of aliphatic hydroxyl groups excluding tert-OH is 2. The first-order chi connectivity index (χ1) is 7.76. The summed E-state index contributed by atoms with van der Waals surface area (Å²) >= 11 is 5.79. The van der Waals surface area contributed by atoms with E-state index in [-0.39, 0.29) is 13.2 Å². The Kier molecular flexibility index (Phi) is 6.33.